The van der Waals surface area contributed by atoms with E-state index in [4.69, 9.17) is 37.8 Å². The maximum absolute atomic E-state index is 12.9. The van der Waals surface area contributed by atoms with Gasteiger partial charge in [-0.05, 0) is 30.3 Å². The number of esters is 1. The molecule has 0 unspecified atom stereocenters. The molecule has 0 aliphatic carbocycles. The van der Waals surface area contributed by atoms with Crippen LogP contribution in [0.3, 0.4) is 0 Å². The SMILES string of the molecule is O=C1OC2(CCN(C(=O)c3cccc(Cl)c3Cl)CC2)c2cc(OCCO)ccc21. The molecule has 2 aliphatic rings. The number of piperidine rings is 1. The van der Waals surface area contributed by atoms with Crippen LogP contribution in [0.4, 0.5) is 0 Å². The van der Waals surface area contributed by atoms with Crippen molar-refractivity contribution in [2.75, 3.05) is 26.3 Å². The van der Waals surface area contributed by atoms with Crippen LogP contribution < -0.4 is 4.74 Å². The lowest BCUT2D eigenvalue weighted by Crippen LogP contribution is -2.45. The van der Waals surface area contributed by atoms with Gasteiger partial charge >= 0.3 is 5.97 Å². The van der Waals surface area contributed by atoms with E-state index >= 15 is 0 Å². The number of hydrogen-bond acceptors (Lipinski definition) is 5. The Morgan fingerprint density at radius 1 is 1.21 bits per heavy atom. The molecule has 29 heavy (non-hydrogen) atoms. The minimum atomic E-state index is -0.778. The highest BCUT2D eigenvalue weighted by molar-refractivity contribution is 6.43. The topological polar surface area (TPSA) is 76.1 Å². The van der Waals surface area contributed by atoms with Crippen molar-refractivity contribution in [1.82, 2.24) is 4.90 Å². The van der Waals surface area contributed by atoms with Crippen molar-refractivity contribution >= 4 is 35.1 Å². The van der Waals surface area contributed by atoms with Crippen molar-refractivity contribution in [1.29, 1.82) is 0 Å². The Bertz CT molecular complexity index is 970. The van der Waals surface area contributed by atoms with Gasteiger partial charge in [0.1, 0.15) is 18.0 Å². The third-order valence-electron chi connectivity index (χ3n) is 5.39. The molecule has 2 aromatic carbocycles. The van der Waals surface area contributed by atoms with Crippen LogP contribution in [0.25, 0.3) is 0 Å². The second-order valence-corrected chi connectivity index (χ2v) is 7.84. The summed E-state index contributed by atoms with van der Waals surface area (Å²) in [6.07, 6.45) is 0.943. The van der Waals surface area contributed by atoms with Gasteiger partial charge in [-0.1, -0.05) is 29.3 Å². The van der Waals surface area contributed by atoms with E-state index in [9.17, 15) is 9.59 Å². The molecule has 1 amide bonds. The molecule has 6 nitrogen and oxygen atoms in total. The van der Waals surface area contributed by atoms with Crippen LogP contribution in [0.2, 0.25) is 10.0 Å². The zero-order valence-corrected chi connectivity index (χ0v) is 17.0. The Morgan fingerprint density at radius 2 is 1.97 bits per heavy atom. The van der Waals surface area contributed by atoms with Crippen molar-refractivity contribution in [2.45, 2.75) is 18.4 Å². The largest absolute Gasteiger partial charge is 0.491 e. The van der Waals surface area contributed by atoms with Gasteiger partial charge < -0.3 is 19.5 Å². The van der Waals surface area contributed by atoms with Crippen molar-refractivity contribution in [3.63, 3.8) is 0 Å². The minimum Gasteiger partial charge on any atom is -0.491 e. The van der Waals surface area contributed by atoms with Gasteiger partial charge in [0.25, 0.3) is 5.91 Å². The van der Waals surface area contributed by atoms with E-state index < -0.39 is 5.60 Å². The number of amides is 1. The summed E-state index contributed by atoms with van der Waals surface area (Å²) >= 11 is 12.2. The predicted molar refractivity (Wildman–Crippen MR) is 108 cm³/mol. The van der Waals surface area contributed by atoms with Crippen molar-refractivity contribution in [3.05, 3.63) is 63.1 Å². The summed E-state index contributed by atoms with van der Waals surface area (Å²) < 4.78 is 11.2. The summed E-state index contributed by atoms with van der Waals surface area (Å²) in [6.45, 7) is 0.899. The Hall–Kier alpha value is -2.28. The number of rotatable bonds is 4. The lowest BCUT2D eigenvalue weighted by atomic mass is 9.83. The predicted octanol–water partition coefficient (Wildman–Crippen LogP) is 3.67. The molecule has 2 heterocycles. The molecular weight excluding hydrogens is 417 g/mol. The number of benzene rings is 2. The van der Waals surface area contributed by atoms with Crippen molar-refractivity contribution in [2.24, 2.45) is 0 Å². The number of likely N-dealkylation sites (tertiary alicyclic amines) is 1. The van der Waals surface area contributed by atoms with Crippen LogP contribution in [0.5, 0.6) is 5.75 Å². The molecular formula is C21H19Cl2NO5. The molecule has 0 atom stereocenters. The van der Waals surface area contributed by atoms with E-state index in [1.54, 1.807) is 41.3 Å². The number of carbonyl (C=O) groups is 2. The molecule has 2 aromatic rings. The Morgan fingerprint density at radius 3 is 2.69 bits per heavy atom. The molecule has 1 spiro atoms. The van der Waals surface area contributed by atoms with Crippen molar-refractivity contribution < 1.29 is 24.2 Å². The second-order valence-electron chi connectivity index (χ2n) is 7.06. The molecule has 1 N–H and O–H groups in total. The second kappa shape index (κ2) is 7.86. The molecule has 0 aromatic heterocycles. The summed E-state index contributed by atoms with van der Waals surface area (Å²) in [4.78, 5) is 27.0. The van der Waals surface area contributed by atoms with E-state index in [-0.39, 0.29) is 30.1 Å². The Kier molecular flexibility index (Phi) is 5.42. The first-order chi connectivity index (χ1) is 13.9. The third-order valence-corrected chi connectivity index (χ3v) is 6.21. The normalized spacial score (nSPS) is 17.2. The monoisotopic (exact) mass is 435 g/mol. The van der Waals surface area contributed by atoms with Gasteiger partial charge in [0.05, 0.1) is 27.8 Å². The van der Waals surface area contributed by atoms with E-state index in [1.807, 2.05) is 0 Å². The molecule has 152 valence electrons. The van der Waals surface area contributed by atoms with Crippen LogP contribution in [-0.2, 0) is 10.3 Å². The number of nitrogens with zero attached hydrogens (tertiary/aromatic N) is 1. The average molecular weight is 436 g/mol. The molecule has 1 saturated heterocycles. The molecule has 0 bridgehead atoms. The summed E-state index contributed by atoms with van der Waals surface area (Å²) in [5.41, 5.74) is 0.864. The van der Waals surface area contributed by atoms with Gasteiger partial charge in [0, 0.05) is 31.5 Å². The quantitative estimate of drug-likeness (QED) is 0.741. The maximum atomic E-state index is 12.9. The fourth-order valence-electron chi connectivity index (χ4n) is 3.90. The summed E-state index contributed by atoms with van der Waals surface area (Å²) in [6, 6.07) is 10.1. The van der Waals surface area contributed by atoms with Crippen LogP contribution >= 0.6 is 23.2 Å². The first-order valence-corrected chi connectivity index (χ1v) is 10.1. The van der Waals surface area contributed by atoms with Gasteiger partial charge in [0.15, 0.2) is 0 Å². The minimum absolute atomic E-state index is 0.0964. The van der Waals surface area contributed by atoms with Gasteiger partial charge in [-0.25, -0.2) is 4.79 Å². The summed E-state index contributed by atoms with van der Waals surface area (Å²) in [5.74, 6) is 0.00277. The molecule has 8 heteroatoms. The van der Waals surface area contributed by atoms with Gasteiger partial charge in [0.2, 0.25) is 0 Å². The highest BCUT2D eigenvalue weighted by atomic mass is 35.5. The first-order valence-electron chi connectivity index (χ1n) is 9.30. The number of hydrogen-bond donors (Lipinski definition) is 1. The number of carbonyl (C=O) groups excluding carboxylic acids is 2. The lowest BCUT2D eigenvalue weighted by molar-refractivity contribution is -0.0390. The number of aliphatic hydroxyl groups excluding tert-OH is 1. The standard InChI is InChI=1S/C21H19Cl2NO5/c22-17-3-1-2-15(18(17)23)19(26)24-8-6-21(7-9-24)16-12-13(28-11-10-25)4-5-14(16)20(27)29-21/h1-5,12,25H,6-11H2. The van der Waals surface area contributed by atoms with E-state index in [2.05, 4.69) is 0 Å². The number of fused-ring (bicyclic) bond motifs is 2. The van der Waals surface area contributed by atoms with Crippen molar-refractivity contribution in [3.8, 4) is 5.75 Å². The molecule has 4 rings (SSSR count). The van der Waals surface area contributed by atoms with Crippen LogP contribution in [0, 0.1) is 0 Å². The molecule has 0 radical (unpaired) electrons. The van der Waals surface area contributed by atoms with E-state index in [0.29, 0.717) is 47.8 Å². The average Bonchev–Trinajstić information content (AvgIpc) is 2.99. The zero-order valence-electron chi connectivity index (χ0n) is 15.5. The third kappa shape index (κ3) is 3.56. The molecule has 0 saturated carbocycles. The Balaban J connectivity index is 1.54. The molecule has 2 aliphatic heterocycles. The van der Waals surface area contributed by atoms with E-state index in [1.165, 1.54) is 0 Å². The number of halogens is 2. The maximum Gasteiger partial charge on any atom is 0.339 e. The van der Waals surface area contributed by atoms with Gasteiger partial charge in [-0.3, -0.25) is 4.79 Å². The summed E-state index contributed by atoms with van der Waals surface area (Å²) in [7, 11) is 0. The van der Waals surface area contributed by atoms with Crippen LogP contribution in [0.15, 0.2) is 36.4 Å². The highest BCUT2D eigenvalue weighted by Crippen LogP contribution is 2.45. The van der Waals surface area contributed by atoms with Crippen LogP contribution in [-0.4, -0.2) is 48.2 Å². The number of aliphatic hydroxyl groups is 1. The summed E-state index contributed by atoms with van der Waals surface area (Å²) in [5, 5.41) is 9.53. The fraction of sp³-hybridized carbons (Fsp3) is 0.333. The zero-order chi connectivity index (χ0) is 20.6. The first kappa shape index (κ1) is 20.0. The highest BCUT2D eigenvalue weighted by Gasteiger charge is 2.48. The Labute approximate surface area is 177 Å². The lowest BCUT2D eigenvalue weighted by Gasteiger charge is -2.38. The van der Waals surface area contributed by atoms with Crippen LogP contribution in [0.1, 0.15) is 39.1 Å². The fourth-order valence-corrected chi connectivity index (χ4v) is 4.28. The smallest absolute Gasteiger partial charge is 0.339 e. The van der Waals surface area contributed by atoms with Gasteiger partial charge in [-0.2, -0.15) is 0 Å². The molecule has 1 fully saturated rings. The number of ether oxygens (including phenoxy) is 2. The van der Waals surface area contributed by atoms with E-state index in [0.717, 1.165) is 5.56 Å². The van der Waals surface area contributed by atoms with Gasteiger partial charge in [-0.15, -0.1) is 0 Å².